The van der Waals surface area contributed by atoms with Gasteiger partial charge in [0.1, 0.15) is 5.76 Å². The normalized spacial score (nSPS) is 18.8. The lowest BCUT2D eigenvalue weighted by Gasteiger charge is -2.27. The van der Waals surface area contributed by atoms with Crippen LogP contribution >= 0.6 is 0 Å². The quantitative estimate of drug-likeness (QED) is 0.851. The van der Waals surface area contributed by atoms with Gasteiger partial charge in [0.2, 0.25) is 5.91 Å². The second kappa shape index (κ2) is 7.23. The third-order valence-corrected chi connectivity index (χ3v) is 5.94. The molecular weight excluding hydrogens is 326 g/mol. The number of carbonyl (C=O) groups excluding carboxylic acids is 1. The molecule has 2 aromatic rings. The van der Waals surface area contributed by atoms with E-state index >= 15 is 0 Å². The molecular formula is C21H27N3O2. The fourth-order valence-corrected chi connectivity index (χ4v) is 4.36. The van der Waals surface area contributed by atoms with Gasteiger partial charge in [0.25, 0.3) is 0 Å². The Kier molecular flexibility index (Phi) is 4.81. The molecule has 2 heterocycles. The molecule has 0 bridgehead atoms. The monoisotopic (exact) mass is 353 g/mol. The van der Waals surface area contributed by atoms with E-state index in [2.05, 4.69) is 34.3 Å². The Morgan fingerprint density at radius 1 is 1.12 bits per heavy atom. The molecule has 1 fully saturated rings. The smallest absolute Gasteiger partial charge is 0.227 e. The first-order chi connectivity index (χ1) is 12.6. The second-order valence-corrected chi connectivity index (χ2v) is 7.58. The van der Waals surface area contributed by atoms with Crippen molar-refractivity contribution in [1.29, 1.82) is 0 Å². The number of rotatable bonds is 3. The van der Waals surface area contributed by atoms with Crippen LogP contribution in [0.25, 0.3) is 0 Å². The van der Waals surface area contributed by atoms with Crippen LogP contribution < -0.4 is 0 Å². The minimum atomic E-state index is 0.191. The molecule has 1 amide bonds. The topological polar surface area (TPSA) is 49.6 Å². The molecule has 1 saturated heterocycles. The second-order valence-electron chi connectivity index (χ2n) is 7.58. The maximum absolute atomic E-state index is 12.8. The number of aryl methyl sites for hydroxylation is 2. The minimum Gasteiger partial charge on any atom is -0.361 e. The van der Waals surface area contributed by atoms with E-state index in [4.69, 9.17) is 4.52 Å². The molecule has 0 atom stereocenters. The highest BCUT2D eigenvalue weighted by Crippen LogP contribution is 2.26. The molecule has 0 spiro atoms. The highest BCUT2D eigenvalue weighted by molar-refractivity contribution is 5.79. The van der Waals surface area contributed by atoms with E-state index < -0.39 is 0 Å². The maximum atomic E-state index is 12.8. The van der Waals surface area contributed by atoms with E-state index in [9.17, 15) is 4.79 Å². The van der Waals surface area contributed by atoms with Crippen LogP contribution in [-0.4, -0.2) is 53.1 Å². The van der Waals surface area contributed by atoms with Crippen molar-refractivity contribution in [3.63, 3.8) is 0 Å². The van der Waals surface area contributed by atoms with Gasteiger partial charge in [0.05, 0.1) is 12.1 Å². The molecule has 0 radical (unpaired) electrons. The predicted octanol–water partition coefficient (Wildman–Crippen LogP) is 2.54. The van der Waals surface area contributed by atoms with Crippen LogP contribution in [-0.2, 0) is 24.1 Å². The van der Waals surface area contributed by atoms with Crippen LogP contribution in [0.15, 0.2) is 28.8 Å². The van der Waals surface area contributed by atoms with Crippen molar-refractivity contribution < 1.29 is 9.32 Å². The van der Waals surface area contributed by atoms with Crippen molar-refractivity contribution in [3.05, 3.63) is 52.4 Å². The van der Waals surface area contributed by atoms with Gasteiger partial charge in [0.15, 0.2) is 0 Å². The third kappa shape index (κ3) is 3.40. The third-order valence-electron chi connectivity index (χ3n) is 5.94. The first-order valence-corrected chi connectivity index (χ1v) is 9.62. The number of fused-ring (bicyclic) bond motifs is 1. The number of aromatic nitrogens is 1. The van der Waals surface area contributed by atoms with Crippen LogP contribution in [0, 0.1) is 13.8 Å². The summed E-state index contributed by atoms with van der Waals surface area (Å²) in [6.07, 6.45) is 3.72. The summed E-state index contributed by atoms with van der Waals surface area (Å²) in [6, 6.07) is 9.38. The predicted molar refractivity (Wildman–Crippen MR) is 100 cm³/mol. The summed E-state index contributed by atoms with van der Waals surface area (Å²) < 4.78 is 5.19. The molecule has 4 rings (SSSR count). The summed E-state index contributed by atoms with van der Waals surface area (Å²) >= 11 is 0. The average Bonchev–Trinajstić information content (AvgIpc) is 3.10. The summed E-state index contributed by atoms with van der Waals surface area (Å²) in [4.78, 5) is 17.4. The Morgan fingerprint density at radius 2 is 1.85 bits per heavy atom. The van der Waals surface area contributed by atoms with Gasteiger partial charge >= 0.3 is 0 Å². The highest BCUT2D eigenvalue weighted by Gasteiger charge is 2.29. The van der Waals surface area contributed by atoms with Crippen molar-refractivity contribution in [3.8, 4) is 0 Å². The molecule has 1 aromatic heterocycles. The zero-order valence-corrected chi connectivity index (χ0v) is 15.7. The molecule has 1 aromatic carbocycles. The van der Waals surface area contributed by atoms with E-state index in [0.717, 1.165) is 62.5 Å². The zero-order chi connectivity index (χ0) is 18.1. The van der Waals surface area contributed by atoms with Crippen molar-refractivity contribution in [2.75, 3.05) is 26.2 Å². The number of benzene rings is 1. The van der Waals surface area contributed by atoms with E-state index in [1.807, 2.05) is 18.7 Å². The Labute approximate surface area is 155 Å². The van der Waals surface area contributed by atoms with Crippen LogP contribution in [0.2, 0.25) is 0 Å². The molecule has 1 aliphatic heterocycles. The summed E-state index contributed by atoms with van der Waals surface area (Å²) in [5.74, 6) is 0.951. The standard InChI is InChI=1S/C21H27N3O2/c1-15-20(16(2)26-22-15)14-21(25)24-9-5-8-23(10-11-24)19-12-17-6-3-4-7-18(17)13-19/h3-4,6-7,19H,5,8-14H2,1-2H3. The first kappa shape index (κ1) is 17.3. The van der Waals surface area contributed by atoms with Gasteiger partial charge in [-0.2, -0.15) is 0 Å². The van der Waals surface area contributed by atoms with Crippen LogP contribution in [0.4, 0.5) is 0 Å². The van der Waals surface area contributed by atoms with Gasteiger partial charge in [-0.15, -0.1) is 0 Å². The van der Waals surface area contributed by atoms with Gasteiger partial charge in [-0.05, 0) is 44.2 Å². The van der Waals surface area contributed by atoms with Gasteiger partial charge in [-0.1, -0.05) is 29.4 Å². The molecule has 1 aliphatic carbocycles. The molecule has 0 N–H and O–H groups in total. The molecule has 0 unspecified atom stereocenters. The largest absolute Gasteiger partial charge is 0.361 e. The number of hydrogen-bond acceptors (Lipinski definition) is 4. The molecule has 2 aliphatic rings. The SMILES string of the molecule is Cc1noc(C)c1CC(=O)N1CCCN(C2Cc3ccccc3C2)CC1. The maximum Gasteiger partial charge on any atom is 0.227 e. The minimum absolute atomic E-state index is 0.191. The lowest BCUT2D eigenvalue weighted by Crippen LogP contribution is -2.40. The zero-order valence-electron chi connectivity index (χ0n) is 15.7. The lowest BCUT2D eigenvalue weighted by atomic mass is 10.1. The van der Waals surface area contributed by atoms with Crippen molar-refractivity contribution >= 4 is 5.91 Å². The van der Waals surface area contributed by atoms with Crippen LogP contribution in [0.1, 0.15) is 34.6 Å². The summed E-state index contributed by atoms with van der Waals surface area (Å²) in [5.41, 5.74) is 4.76. The number of nitrogens with zero attached hydrogens (tertiary/aromatic N) is 3. The van der Waals surface area contributed by atoms with Gasteiger partial charge in [0, 0.05) is 37.8 Å². The Hall–Kier alpha value is -2.14. The van der Waals surface area contributed by atoms with Gasteiger partial charge in [-0.25, -0.2) is 0 Å². The van der Waals surface area contributed by atoms with E-state index in [-0.39, 0.29) is 5.91 Å². The number of hydrogen-bond donors (Lipinski definition) is 0. The highest BCUT2D eigenvalue weighted by atomic mass is 16.5. The number of amides is 1. The first-order valence-electron chi connectivity index (χ1n) is 9.62. The Balaban J connectivity index is 1.36. The molecule has 5 nitrogen and oxygen atoms in total. The summed E-state index contributed by atoms with van der Waals surface area (Å²) in [6.45, 7) is 7.48. The van der Waals surface area contributed by atoms with Gasteiger partial charge in [-0.3, -0.25) is 9.69 Å². The molecule has 26 heavy (non-hydrogen) atoms. The summed E-state index contributed by atoms with van der Waals surface area (Å²) in [5, 5.41) is 3.96. The Morgan fingerprint density at radius 3 is 2.50 bits per heavy atom. The van der Waals surface area contributed by atoms with Crippen molar-refractivity contribution in [2.24, 2.45) is 0 Å². The number of carbonyl (C=O) groups is 1. The molecule has 138 valence electrons. The molecule has 5 heteroatoms. The van der Waals surface area contributed by atoms with Crippen molar-refractivity contribution in [1.82, 2.24) is 15.0 Å². The molecule has 0 saturated carbocycles. The van der Waals surface area contributed by atoms with E-state index in [1.165, 1.54) is 11.1 Å². The fourth-order valence-electron chi connectivity index (χ4n) is 4.36. The van der Waals surface area contributed by atoms with Crippen LogP contribution in [0.5, 0.6) is 0 Å². The van der Waals surface area contributed by atoms with E-state index in [0.29, 0.717) is 12.5 Å². The summed E-state index contributed by atoms with van der Waals surface area (Å²) in [7, 11) is 0. The van der Waals surface area contributed by atoms with E-state index in [1.54, 1.807) is 0 Å². The Bertz CT molecular complexity index is 754. The van der Waals surface area contributed by atoms with Crippen LogP contribution in [0.3, 0.4) is 0 Å². The lowest BCUT2D eigenvalue weighted by molar-refractivity contribution is -0.130. The average molecular weight is 353 g/mol. The van der Waals surface area contributed by atoms with Crippen molar-refractivity contribution in [2.45, 2.75) is 45.6 Å². The fraction of sp³-hybridized carbons (Fsp3) is 0.524. The van der Waals surface area contributed by atoms with Gasteiger partial charge < -0.3 is 9.42 Å².